The second-order valence-electron chi connectivity index (χ2n) is 3.88. The van der Waals surface area contributed by atoms with Gasteiger partial charge in [-0.3, -0.25) is 9.59 Å². The highest BCUT2D eigenvalue weighted by atomic mass is 16.5. The zero-order valence-electron chi connectivity index (χ0n) is 10.8. The van der Waals surface area contributed by atoms with Gasteiger partial charge >= 0.3 is 5.97 Å². The Labute approximate surface area is 114 Å². The van der Waals surface area contributed by atoms with Gasteiger partial charge in [0.2, 0.25) is 11.8 Å². The third-order valence-electron chi connectivity index (χ3n) is 2.37. The SMILES string of the molecule is COC(=O)c1ccnc(N(CC(N)=O)CC(N)=O)c1N. The molecule has 0 aromatic carbocycles. The van der Waals surface area contributed by atoms with Gasteiger partial charge in [-0.1, -0.05) is 0 Å². The monoisotopic (exact) mass is 281 g/mol. The van der Waals surface area contributed by atoms with Crippen molar-refractivity contribution in [2.75, 3.05) is 30.8 Å². The average Bonchev–Trinajstić information content (AvgIpc) is 2.36. The first-order valence-electron chi connectivity index (χ1n) is 5.51. The molecule has 9 heteroatoms. The number of carbonyl (C=O) groups is 3. The van der Waals surface area contributed by atoms with Gasteiger partial charge in [0.25, 0.3) is 0 Å². The Balaban J connectivity index is 3.22. The lowest BCUT2D eigenvalue weighted by Gasteiger charge is -2.22. The number of primary amides is 2. The van der Waals surface area contributed by atoms with Gasteiger partial charge in [0.1, 0.15) is 0 Å². The van der Waals surface area contributed by atoms with E-state index in [-0.39, 0.29) is 30.2 Å². The van der Waals surface area contributed by atoms with Crippen LogP contribution in [-0.4, -0.2) is 43.0 Å². The van der Waals surface area contributed by atoms with E-state index in [9.17, 15) is 14.4 Å². The highest BCUT2D eigenvalue weighted by Gasteiger charge is 2.20. The first kappa shape index (κ1) is 15.2. The maximum atomic E-state index is 11.5. The van der Waals surface area contributed by atoms with Crippen LogP contribution in [0.2, 0.25) is 0 Å². The number of hydrogen-bond acceptors (Lipinski definition) is 7. The van der Waals surface area contributed by atoms with Crippen LogP contribution in [0.25, 0.3) is 0 Å². The van der Waals surface area contributed by atoms with Crippen molar-refractivity contribution in [3.05, 3.63) is 17.8 Å². The molecule has 9 nitrogen and oxygen atoms in total. The van der Waals surface area contributed by atoms with E-state index in [2.05, 4.69) is 9.72 Å². The lowest BCUT2D eigenvalue weighted by atomic mass is 10.2. The quantitative estimate of drug-likeness (QED) is 0.521. The van der Waals surface area contributed by atoms with E-state index >= 15 is 0 Å². The molecule has 0 bridgehead atoms. The van der Waals surface area contributed by atoms with Crippen molar-refractivity contribution in [1.82, 2.24) is 4.98 Å². The van der Waals surface area contributed by atoms with Crippen LogP contribution in [0.15, 0.2) is 12.3 Å². The molecule has 1 rings (SSSR count). The molecule has 20 heavy (non-hydrogen) atoms. The van der Waals surface area contributed by atoms with Crippen molar-refractivity contribution in [2.45, 2.75) is 0 Å². The lowest BCUT2D eigenvalue weighted by molar-refractivity contribution is -0.117. The molecular weight excluding hydrogens is 266 g/mol. The predicted octanol–water partition coefficient (Wildman–Crippen LogP) is -1.77. The fraction of sp³-hybridized carbons (Fsp3) is 0.273. The number of ether oxygens (including phenoxy) is 1. The van der Waals surface area contributed by atoms with Gasteiger partial charge in [-0.25, -0.2) is 9.78 Å². The van der Waals surface area contributed by atoms with E-state index in [1.165, 1.54) is 24.3 Å². The van der Waals surface area contributed by atoms with Crippen molar-refractivity contribution < 1.29 is 19.1 Å². The van der Waals surface area contributed by atoms with Gasteiger partial charge in [-0.05, 0) is 6.07 Å². The molecule has 0 fully saturated rings. The summed E-state index contributed by atoms with van der Waals surface area (Å²) in [5.41, 5.74) is 16.0. The van der Waals surface area contributed by atoms with E-state index < -0.39 is 17.8 Å². The number of rotatable bonds is 6. The molecular formula is C11H15N5O4. The molecule has 0 aliphatic heterocycles. The summed E-state index contributed by atoms with van der Waals surface area (Å²) in [4.78, 5) is 38.7. The number of nitrogens with zero attached hydrogens (tertiary/aromatic N) is 2. The molecule has 1 heterocycles. The average molecular weight is 281 g/mol. The maximum absolute atomic E-state index is 11.5. The van der Waals surface area contributed by atoms with Crippen LogP contribution in [0.1, 0.15) is 10.4 Å². The third kappa shape index (κ3) is 3.57. The van der Waals surface area contributed by atoms with Gasteiger partial charge in [0, 0.05) is 6.20 Å². The van der Waals surface area contributed by atoms with Gasteiger partial charge in [0.05, 0.1) is 31.5 Å². The van der Waals surface area contributed by atoms with E-state index in [4.69, 9.17) is 17.2 Å². The minimum absolute atomic E-state index is 0.0261. The number of esters is 1. The van der Waals surface area contributed by atoms with E-state index in [0.29, 0.717) is 0 Å². The van der Waals surface area contributed by atoms with Crippen molar-refractivity contribution in [2.24, 2.45) is 11.5 Å². The standard InChI is InChI=1S/C11H15N5O4/c1-20-11(19)6-2-3-15-10(9(6)14)16(4-7(12)17)5-8(13)18/h2-3H,4-5,14H2,1H3,(H2,12,17)(H2,13,18). The van der Waals surface area contributed by atoms with Crippen molar-refractivity contribution >= 4 is 29.3 Å². The number of aromatic nitrogens is 1. The molecule has 0 aliphatic carbocycles. The van der Waals surface area contributed by atoms with Gasteiger partial charge in [0.15, 0.2) is 5.82 Å². The molecule has 6 N–H and O–H groups in total. The summed E-state index contributed by atoms with van der Waals surface area (Å²) in [6.07, 6.45) is 1.30. The van der Waals surface area contributed by atoms with Crippen LogP contribution >= 0.6 is 0 Å². The van der Waals surface area contributed by atoms with Gasteiger partial charge in [-0.15, -0.1) is 0 Å². The minimum atomic E-state index is -0.698. The van der Waals surface area contributed by atoms with Crippen LogP contribution < -0.4 is 22.1 Å². The highest BCUT2D eigenvalue weighted by Crippen LogP contribution is 2.24. The first-order chi connectivity index (χ1) is 9.36. The summed E-state index contributed by atoms with van der Waals surface area (Å²) < 4.78 is 4.57. The summed E-state index contributed by atoms with van der Waals surface area (Å²) in [6, 6.07) is 1.36. The molecule has 0 atom stereocenters. The van der Waals surface area contributed by atoms with Crippen molar-refractivity contribution in [3.63, 3.8) is 0 Å². The summed E-state index contributed by atoms with van der Waals surface area (Å²) in [5, 5.41) is 0. The zero-order valence-corrected chi connectivity index (χ0v) is 10.8. The zero-order chi connectivity index (χ0) is 15.3. The number of anilines is 2. The predicted molar refractivity (Wildman–Crippen MR) is 70.6 cm³/mol. The Kier molecular flexibility index (Phi) is 4.84. The molecule has 0 saturated heterocycles. The highest BCUT2D eigenvalue weighted by molar-refractivity contribution is 5.98. The van der Waals surface area contributed by atoms with E-state index in [1.807, 2.05) is 0 Å². The van der Waals surface area contributed by atoms with Crippen molar-refractivity contribution in [1.29, 1.82) is 0 Å². The van der Waals surface area contributed by atoms with E-state index in [1.54, 1.807) is 0 Å². The fourth-order valence-electron chi connectivity index (χ4n) is 1.58. The molecule has 0 spiro atoms. The second kappa shape index (κ2) is 6.36. The number of hydrogen-bond donors (Lipinski definition) is 3. The normalized spacial score (nSPS) is 9.85. The second-order valence-corrected chi connectivity index (χ2v) is 3.88. The number of nitrogens with two attached hydrogens (primary N) is 3. The number of carbonyl (C=O) groups excluding carboxylic acids is 3. The summed E-state index contributed by atoms with van der Waals surface area (Å²) >= 11 is 0. The topological polar surface area (TPSA) is 155 Å². The minimum Gasteiger partial charge on any atom is -0.465 e. The molecule has 1 aromatic rings. The van der Waals surface area contributed by atoms with Crippen LogP contribution in [0, 0.1) is 0 Å². The number of nitrogen functional groups attached to an aromatic ring is 1. The maximum Gasteiger partial charge on any atom is 0.340 e. The Morgan fingerprint density at radius 1 is 1.25 bits per heavy atom. The van der Waals surface area contributed by atoms with E-state index in [0.717, 1.165) is 0 Å². The molecule has 1 aromatic heterocycles. The molecule has 0 aliphatic rings. The third-order valence-corrected chi connectivity index (χ3v) is 2.37. The Bertz CT molecular complexity index is 530. The summed E-state index contributed by atoms with van der Waals surface area (Å²) in [7, 11) is 1.20. The molecule has 0 saturated carbocycles. The number of pyridine rings is 1. The Hall–Kier alpha value is -2.84. The van der Waals surface area contributed by atoms with Crippen LogP contribution in [0.3, 0.4) is 0 Å². The van der Waals surface area contributed by atoms with Crippen LogP contribution in [0.4, 0.5) is 11.5 Å². The molecule has 0 unspecified atom stereocenters. The Morgan fingerprint density at radius 2 is 1.80 bits per heavy atom. The van der Waals surface area contributed by atoms with Crippen LogP contribution in [-0.2, 0) is 14.3 Å². The lowest BCUT2D eigenvalue weighted by Crippen LogP contribution is -2.40. The van der Waals surface area contributed by atoms with Crippen molar-refractivity contribution in [3.8, 4) is 0 Å². The fourth-order valence-corrected chi connectivity index (χ4v) is 1.58. The molecule has 2 amide bonds. The molecule has 108 valence electrons. The Morgan fingerprint density at radius 3 is 2.25 bits per heavy atom. The number of methoxy groups -OCH3 is 1. The summed E-state index contributed by atoms with van der Waals surface area (Å²) in [5.74, 6) is -2.00. The van der Waals surface area contributed by atoms with Gasteiger partial charge in [-0.2, -0.15) is 0 Å². The van der Waals surface area contributed by atoms with Crippen LogP contribution in [0.5, 0.6) is 0 Å². The smallest absolute Gasteiger partial charge is 0.340 e. The number of amides is 2. The molecule has 0 radical (unpaired) electrons. The summed E-state index contributed by atoms with van der Waals surface area (Å²) in [6.45, 7) is -0.629. The first-order valence-corrected chi connectivity index (χ1v) is 5.51. The largest absolute Gasteiger partial charge is 0.465 e. The van der Waals surface area contributed by atoms with Gasteiger partial charge < -0.3 is 26.8 Å².